The third-order valence-corrected chi connectivity index (χ3v) is 3.38. The van der Waals surface area contributed by atoms with Gasteiger partial charge < -0.3 is 9.15 Å². The van der Waals surface area contributed by atoms with E-state index in [0.29, 0.717) is 23.5 Å². The maximum atomic E-state index is 12.3. The first-order valence-electron chi connectivity index (χ1n) is 6.14. The smallest absolute Gasteiger partial charge is 0.196 e. The van der Waals surface area contributed by atoms with E-state index in [-0.39, 0.29) is 5.78 Å². The summed E-state index contributed by atoms with van der Waals surface area (Å²) in [5.41, 5.74) is 1.20. The lowest BCUT2D eigenvalue weighted by Crippen LogP contribution is -2.02. The van der Waals surface area contributed by atoms with E-state index in [4.69, 9.17) is 9.15 Å². The van der Waals surface area contributed by atoms with Crippen molar-refractivity contribution in [2.75, 3.05) is 6.61 Å². The molecule has 0 unspecified atom stereocenters. The SMILES string of the molecule is CCCOc1ccc(C(=O)c2ccoc2C)cc1Br. The van der Waals surface area contributed by atoms with E-state index in [1.807, 2.05) is 13.0 Å². The van der Waals surface area contributed by atoms with Gasteiger partial charge in [-0.25, -0.2) is 0 Å². The van der Waals surface area contributed by atoms with Gasteiger partial charge in [-0.3, -0.25) is 4.79 Å². The number of halogens is 1. The molecule has 0 amide bonds. The third-order valence-electron chi connectivity index (χ3n) is 2.76. The fourth-order valence-corrected chi connectivity index (χ4v) is 2.24. The molecule has 1 aromatic carbocycles. The highest BCUT2D eigenvalue weighted by Gasteiger charge is 2.15. The van der Waals surface area contributed by atoms with E-state index >= 15 is 0 Å². The van der Waals surface area contributed by atoms with Crippen LogP contribution in [0.1, 0.15) is 35.0 Å². The Kier molecular flexibility index (Phi) is 4.43. The molecule has 1 aromatic heterocycles. The predicted octanol–water partition coefficient (Wildman–Crippen LogP) is 4.37. The summed E-state index contributed by atoms with van der Waals surface area (Å²) in [5.74, 6) is 1.34. The van der Waals surface area contributed by atoms with Crippen molar-refractivity contribution in [2.45, 2.75) is 20.3 Å². The van der Waals surface area contributed by atoms with E-state index in [9.17, 15) is 4.79 Å². The third kappa shape index (κ3) is 3.07. The van der Waals surface area contributed by atoms with Crippen LogP contribution >= 0.6 is 15.9 Å². The molecule has 0 spiro atoms. The molecule has 0 N–H and O–H groups in total. The summed E-state index contributed by atoms with van der Waals surface area (Å²) < 4.78 is 11.5. The van der Waals surface area contributed by atoms with Crippen LogP contribution in [0.15, 0.2) is 39.4 Å². The molecule has 0 aliphatic rings. The van der Waals surface area contributed by atoms with Gasteiger partial charge in [0, 0.05) is 5.56 Å². The second-order valence-electron chi connectivity index (χ2n) is 4.21. The predicted molar refractivity (Wildman–Crippen MR) is 76.8 cm³/mol. The van der Waals surface area contributed by atoms with Crippen molar-refractivity contribution >= 4 is 21.7 Å². The van der Waals surface area contributed by atoms with Gasteiger partial charge in [-0.15, -0.1) is 0 Å². The standard InChI is InChI=1S/C15H15BrO3/c1-3-7-19-14-5-4-11(9-13(14)16)15(17)12-6-8-18-10(12)2/h4-6,8-9H,3,7H2,1-2H3. The molecule has 0 fully saturated rings. The minimum Gasteiger partial charge on any atom is -0.492 e. The lowest BCUT2D eigenvalue weighted by atomic mass is 10.0. The number of carbonyl (C=O) groups excluding carboxylic acids is 1. The molecule has 0 aliphatic heterocycles. The monoisotopic (exact) mass is 322 g/mol. The van der Waals surface area contributed by atoms with Gasteiger partial charge in [0.05, 0.1) is 22.9 Å². The lowest BCUT2D eigenvalue weighted by Gasteiger charge is -2.08. The molecule has 19 heavy (non-hydrogen) atoms. The van der Waals surface area contributed by atoms with Crippen LogP contribution in [0.25, 0.3) is 0 Å². The van der Waals surface area contributed by atoms with Crippen molar-refractivity contribution in [2.24, 2.45) is 0 Å². The van der Waals surface area contributed by atoms with Gasteiger partial charge in [0.2, 0.25) is 0 Å². The highest BCUT2D eigenvalue weighted by Crippen LogP contribution is 2.27. The van der Waals surface area contributed by atoms with Crippen LogP contribution in [-0.2, 0) is 0 Å². The van der Waals surface area contributed by atoms with Gasteiger partial charge in [-0.1, -0.05) is 6.92 Å². The molecule has 0 bridgehead atoms. The average molecular weight is 323 g/mol. The first-order valence-corrected chi connectivity index (χ1v) is 6.94. The molecule has 0 aliphatic carbocycles. The Morgan fingerprint density at radius 3 is 2.74 bits per heavy atom. The van der Waals surface area contributed by atoms with Crippen molar-refractivity contribution in [3.63, 3.8) is 0 Å². The van der Waals surface area contributed by atoms with Crippen molar-refractivity contribution < 1.29 is 13.9 Å². The van der Waals surface area contributed by atoms with E-state index in [1.165, 1.54) is 6.26 Å². The van der Waals surface area contributed by atoms with E-state index in [1.54, 1.807) is 25.1 Å². The largest absolute Gasteiger partial charge is 0.492 e. The summed E-state index contributed by atoms with van der Waals surface area (Å²) in [6.07, 6.45) is 2.47. The molecular formula is C15H15BrO3. The fraction of sp³-hybridized carbons (Fsp3) is 0.267. The van der Waals surface area contributed by atoms with Crippen LogP contribution in [0.2, 0.25) is 0 Å². The van der Waals surface area contributed by atoms with Gasteiger partial charge in [-0.05, 0) is 53.5 Å². The normalized spacial score (nSPS) is 10.5. The Morgan fingerprint density at radius 1 is 1.37 bits per heavy atom. The van der Waals surface area contributed by atoms with Crippen LogP contribution in [0.3, 0.4) is 0 Å². The first kappa shape index (κ1) is 13.9. The molecule has 0 atom stereocenters. The maximum Gasteiger partial charge on any atom is 0.196 e. The molecule has 2 rings (SSSR count). The number of aryl methyl sites for hydroxylation is 1. The van der Waals surface area contributed by atoms with Crippen LogP contribution in [0.5, 0.6) is 5.75 Å². The van der Waals surface area contributed by atoms with Gasteiger partial charge in [0.25, 0.3) is 0 Å². The van der Waals surface area contributed by atoms with Gasteiger partial charge in [0.1, 0.15) is 11.5 Å². The van der Waals surface area contributed by atoms with Crippen LogP contribution in [-0.4, -0.2) is 12.4 Å². The number of carbonyl (C=O) groups is 1. The zero-order chi connectivity index (χ0) is 13.8. The Hall–Kier alpha value is -1.55. The summed E-state index contributed by atoms with van der Waals surface area (Å²) in [6, 6.07) is 7.04. The molecule has 2 aromatic rings. The zero-order valence-corrected chi connectivity index (χ0v) is 12.5. The number of rotatable bonds is 5. The molecular weight excluding hydrogens is 308 g/mol. The van der Waals surface area contributed by atoms with Crippen LogP contribution < -0.4 is 4.74 Å². The van der Waals surface area contributed by atoms with Gasteiger partial charge in [0.15, 0.2) is 5.78 Å². The van der Waals surface area contributed by atoms with Crippen molar-refractivity contribution in [3.05, 3.63) is 51.9 Å². The molecule has 1 heterocycles. The maximum absolute atomic E-state index is 12.3. The summed E-state index contributed by atoms with van der Waals surface area (Å²) >= 11 is 3.43. The Labute approximate surface area is 120 Å². The zero-order valence-electron chi connectivity index (χ0n) is 10.9. The van der Waals surface area contributed by atoms with Gasteiger partial charge >= 0.3 is 0 Å². The summed E-state index contributed by atoms with van der Waals surface area (Å²) in [5, 5.41) is 0. The highest BCUT2D eigenvalue weighted by atomic mass is 79.9. The van der Waals surface area contributed by atoms with E-state index in [0.717, 1.165) is 16.6 Å². The first-order chi connectivity index (χ1) is 9.13. The topological polar surface area (TPSA) is 39.4 Å². The minimum atomic E-state index is -0.0472. The molecule has 100 valence electrons. The van der Waals surface area contributed by atoms with Crippen molar-refractivity contribution in [1.82, 2.24) is 0 Å². The molecule has 0 saturated heterocycles. The number of ketones is 1. The number of furan rings is 1. The number of ether oxygens (including phenoxy) is 1. The highest BCUT2D eigenvalue weighted by molar-refractivity contribution is 9.10. The van der Waals surface area contributed by atoms with Crippen LogP contribution in [0, 0.1) is 6.92 Å². The number of hydrogen-bond acceptors (Lipinski definition) is 3. The summed E-state index contributed by atoms with van der Waals surface area (Å²) in [4.78, 5) is 12.3. The van der Waals surface area contributed by atoms with Crippen LogP contribution in [0.4, 0.5) is 0 Å². The van der Waals surface area contributed by atoms with E-state index in [2.05, 4.69) is 15.9 Å². The lowest BCUT2D eigenvalue weighted by molar-refractivity contribution is 0.103. The quantitative estimate of drug-likeness (QED) is 0.767. The summed E-state index contributed by atoms with van der Waals surface area (Å²) in [6.45, 7) is 4.49. The Balaban J connectivity index is 2.25. The van der Waals surface area contributed by atoms with Crippen molar-refractivity contribution in [3.8, 4) is 5.75 Å². The summed E-state index contributed by atoms with van der Waals surface area (Å²) in [7, 11) is 0. The minimum absolute atomic E-state index is 0.0472. The Morgan fingerprint density at radius 2 is 2.16 bits per heavy atom. The van der Waals surface area contributed by atoms with Gasteiger partial charge in [-0.2, -0.15) is 0 Å². The average Bonchev–Trinajstić information content (AvgIpc) is 2.82. The molecule has 0 saturated carbocycles. The molecule has 3 nitrogen and oxygen atoms in total. The fourth-order valence-electron chi connectivity index (χ4n) is 1.75. The second-order valence-corrected chi connectivity index (χ2v) is 5.07. The van der Waals surface area contributed by atoms with E-state index < -0.39 is 0 Å². The molecule has 4 heteroatoms. The Bertz CT molecular complexity index is 587. The molecule has 0 radical (unpaired) electrons. The number of benzene rings is 1. The number of hydrogen-bond donors (Lipinski definition) is 0. The van der Waals surface area contributed by atoms with Crippen molar-refractivity contribution in [1.29, 1.82) is 0 Å². The second kappa shape index (κ2) is 6.06.